The molecule has 1 aromatic rings. The normalized spacial score (nSPS) is 13.4. The Morgan fingerprint density at radius 2 is 1.86 bits per heavy atom. The van der Waals surface area contributed by atoms with E-state index < -0.39 is 5.97 Å². The zero-order valence-corrected chi connectivity index (χ0v) is 13.2. The Balaban J connectivity index is 2.53. The molecule has 0 fully saturated rings. The van der Waals surface area contributed by atoms with Gasteiger partial charge in [0.15, 0.2) is 0 Å². The summed E-state index contributed by atoms with van der Waals surface area (Å²) in [4.78, 5) is 22.8. The molecule has 1 aromatic carbocycles. The molecule has 0 heterocycles. The summed E-state index contributed by atoms with van der Waals surface area (Å²) in [7, 11) is 1.62. The predicted octanol–water partition coefficient (Wildman–Crippen LogP) is 2.39. The van der Waals surface area contributed by atoms with Crippen LogP contribution in [0.2, 0.25) is 0 Å². The third-order valence-corrected chi connectivity index (χ3v) is 3.58. The topological polar surface area (TPSA) is 75.6 Å². The van der Waals surface area contributed by atoms with Crippen molar-refractivity contribution in [2.45, 2.75) is 51.2 Å². The van der Waals surface area contributed by atoms with Crippen LogP contribution in [0.25, 0.3) is 0 Å². The number of carboxylic acid groups (broad SMARTS) is 1. The molecule has 0 saturated heterocycles. The quantitative estimate of drug-likeness (QED) is 0.696. The highest BCUT2D eigenvalue weighted by atomic mass is 16.5. The highest BCUT2D eigenvalue weighted by Crippen LogP contribution is 2.09. The second-order valence-electron chi connectivity index (χ2n) is 5.47. The molecule has 0 bridgehead atoms. The monoisotopic (exact) mass is 307 g/mol. The Kier molecular flexibility index (Phi) is 8.22. The fourth-order valence-electron chi connectivity index (χ4n) is 2.17. The minimum absolute atomic E-state index is 0.0392. The standard InChI is InChI=1S/C17H25NO4/c1-13(22-2)8-10-16(19)18-15(9-11-17(20)21)12-14-6-4-3-5-7-14/h3-7,13,15H,8-12H2,1-2H3,(H,18,19)(H,20,21). The second kappa shape index (κ2) is 9.95. The highest BCUT2D eigenvalue weighted by Gasteiger charge is 2.15. The van der Waals surface area contributed by atoms with Gasteiger partial charge in [-0.1, -0.05) is 30.3 Å². The fourth-order valence-corrected chi connectivity index (χ4v) is 2.17. The Bertz CT molecular complexity index is 461. The van der Waals surface area contributed by atoms with Crippen molar-refractivity contribution in [3.05, 3.63) is 35.9 Å². The summed E-state index contributed by atoms with van der Waals surface area (Å²) < 4.78 is 5.12. The molecule has 0 radical (unpaired) electrons. The first-order chi connectivity index (χ1) is 10.5. The maximum absolute atomic E-state index is 12.0. The van der Waals surface area contributed by atoms with Gasteiger partial charge in [-0.05, 0) is 31.7 Å². The molecule has 5 nitrogen and oxygen atoms in total. The molecule has 122 valence electrons. The van der Waals surface area contributed by atoms with Crippen molar-refractivity contribution in [1.82, 2.24) is 5.32 Å². The van der Waals surface area contributed by atoms with E-state index >= 15 is 0 Å². The number of hydrogen-bond donors (Lipinski definition) is 2. The Hall–Kier alpha value is -1.88. The van der Waals surface area contributed by atoms with Crippen LogP contribution in [-0.2, 0) is 20.7 Å². The molecular weight excluding hydrogens is 282 g/mol. The van der Waals surface area contributed by atoms with E-state index in [1.165, 1.54) is 0 Å². The van der Waals surface area contributed by atoms with Gasteiger partial charge in [0.25, 0.3) is 0 Å². The van der Waals surface area contributed by atoms with Crippen LogP contribution >= 0.6 is 0 Å². The molecule has 2 unspecified atom stereocenters. The van der Waals surface area contributed by atoms with Gasteiger partial charge in [-0.2, -0.15) is 0 Å². The minimum Gasteiger partial charge on any atom is -0.481 e. The number of carbonyl (C=O) groups excluding carboxylic acids is 1. The summed E-state index contributed by atoms with van der Waals surface area (Å²) in [5.74, 6) is -0.907. The van der Waals surface area contributed by atoms with Crippen molar-refractivity contribution in [3.63, 3.8) is 0 Å². The van der Waals surface area contributed by atoms with Crippen molar-refractivity contribution in [1.29, 1.82) is 0 Å². The summed E-state index contributed by atoms with van der Waals surface area (Å²) in [5.41, 5.74) is 1.09. The lowest BCUT2D eigenvalue weighted by atomic mass is 10.0. The lowest BCUT2D eigenvalue weighted by Gasteiger charge is -2.19. The number of aliphatic carboxylic acids is 1. The zero-order chi connectivity index (χ0) is 16.4. The van der Waals surface area contributed by atoms with Crippen LogP contribution in [0, 0.1) is 0 Å². The number of ether oxygens (including phenoxy) is 1. The maximum Gasteiger partial charge on any atom is 0.303 e. The number of benzene rings is 1. The molecule has 0 spiro atoms. The van der Waals surface area contributed by atoms with Crippen molar-refractivity contribution >= 4 is 11.9 Å². The third-order valence-electron chi connectivity index (χ3n) is 3.58. The van der Waals surface area contributed by atoms with E-state index in [-0.39, 0.29) is 24.5 Å². The fraction of sp³-hybridized carbons (Fsp3) is 0.529. The second-order valence-corrected chi connectivity index (χ2v) is 5.47. The van der Waals surface area contributed by atoms with E-state index in [0.717, 1.165) is 5.56 Å². The van der Waals surface area contributed by atoms with Gasteiger partial charge in [-0.25, -0.2) is 0 Å². The van der Waals surface area contributed by atoms with Crippen LogP contribution in [0.1, 0.15) is 38.2 Å². The Labute approximate surface area is 131 Å². The van der Waals surface area contributed by atoms with E-state index in [2.05, 4.69) is 5.32 Å². The molecule has 0 saturated carbocycles. The van der Waals surface area contributed by atoms with E-state index in [4.69, 9.17) is 9.84 Å². The summed E-state index contributed by atoms with van der Waals surface area (Å²) in [5, 5.41) is 11.8. The summed E-state index contributed by atoms with van der Waals surface area (Å²) in [6.07, 6.45) is 2.19. The predicted molar refractivity (Wildman–Crippen MR) is 84.7 cm³/mol. The highest BCUT2D eigenvalue weighted by molar-refractivity contribution is 5.76. The molecule has 2 atom stereocenters. The molecule has 22 heavy (non-hydrogen) atoms. The molecule has 1 amide bonds. The van der Waals surface area contributed by atoms with Crippen molar-refractivity contribution < 1.29 is 19.4 Å². The van der Waals surface area contributed by atoms with E-state index in [1.807, 2.05) is 37.3 Å². The van der Waals surface area contributed by atoms with Crippen LogP contribution in [0.3, 0.4) is 0 Å². The van der Waals surface area contributed by atoms with Gasteiger partial charge < -0.3 is 15.2 Å². The van der Waals surface area contributed by atoms with Gasteiger partial charge in [0, 0.05) is 26.0 Å². The molecule has 2 N–H and O–H groups in total. The van der Waals surface area contributed by atoms with Crippen molar-refractivity contribution in [3.8, 4) is 0 Å². The van der Waals surface area contributed by atoms with Crippen molar-refractivity contribution in [2.75, 3.05) is 7.11 Å². The zero-order valence-electron chi connectivity index (χ0n) is 13.2. The van der Waals surface area contributed by atoms with Gasteiger partial charge >= 0.3 is 5.97 Å². The largest absolute Gasteiger partial charge is 0.481 e. The van der Waals surface area contributed by atoms with Gasteiger partial charge in [0.1, 0.15) is 0 Å². The van der Waals surface area contributed by atoms with E-state index in [0.29, 0.717) is 25.7 Å². The van der Waals surface area contributed by atoms with Crippen LogP contribution in [0.15, 0.2) is 30.3 Å². The van der Waals surface area contributed by atoms with E-state index in [9.17, 15) is 9.59 Å². The molecule has 0 aliphatic heterocycles. The number of methoxy groups -OCH3 is 1. The number of carboxylic acids is 1. The average molecular weight is 307 g/mol. The van der Waals surface area contributed by atoms with Crippen molar-refractivity contribution in [2.24, 2.45) is 0 Å². The number of carbonyl (C=O) groups is 2. The molecule has 0 aliphatic carbocycles. The first-order valence-electron chi connectivity index (χ1n) is 7.59. The molecule has 0 aliphatic rings. The first kappa shape index (κ1) is 18.2. The number of hydrogen-bond acceptors (Lipinski definition) is 3. The molecule has 5 heteroatoms. The Morgan fingerprint density at radius 1 is 1.18 bits per heavy atom. The smallest absolute Gasteiger partial charge is 0.303 e. The summed E-state index contributed by atoms with van der Waals surface area (Å²) in [6.45, 7) is 1.92. The van der Waals surface area contributed by atoms with Gasteiger partial charge in [-0.3, -0.25) is 9.59 Å². The molecule has 0 aromatic heterocycles. The lowest BCUT2D eigenvalue weighted by Crippen LogP contribution is -2.37. The van der Waals surface area contributed by atoms with Gasteiger partial charge in [0.05, 0.1) is 6.10 Å². The number of rotatable bonds is 10. The Morgan fingerprint density at radius 3 is 2.45 bits per heavy atom. The lowest BCUT2D eigenvalue weighted by molar-refractivity contribution is -0.137. The van der Waals surface area contributed by atoms with Crippen LogP contribution < -0.4 is 5.32 Å². The van der Waals surface area contributed by atoms with Crippen LogP contribution in [0.4, 0.5) is 0 Å². The summed E-state index contributed by atoms with van der Waals surface area (Å²) in [6, 6.07) is 9.60. The van der Waals surface area contributed by atoms with Gasteiger partial charge in [0.2, 0.25) is 5.91 Å². The minimum atomic E-state index is -0.847. The number of amides is 1. The van der Waals surface area contributed by atoms with Gasteiger partial charge in [-0.15, -0.1) is 0 Å². The summed E-state index contributed by atoms with van der Waals surface area (Å²) >= 11 is 0. The van der Waals surface area contributed by atoms with E-state index in [1.54, 1.807) is 7.11 Å². The van der Waals surface area contributed by atoms with Crippen LogP contribution in [-0.4, -0.2) is 36.2 Å². The number of nitrogens with one attached hydrogen (secondary N) is 1. The SMILES string of the molecule is COC(C)CCC(=O)NC(CCC(=O)O)Cc1ccccc1. The van der Waals surface area contributed by atoms with Crippen LogP contribution in [0.5, 0.6) is 0 Å². The first-order valence-corrected chi connectivity index (χ1v) is 7.59. The third kappa shape index (κ3) is 7.78. The molecular formula is C17H25NO4. The maximum atomic E-state index is 12.0. The molecule has 1 rings (SSSR count). The average Bonchev–Trinajstić information content (AvgIpc) is 2.51.